The normalized spacial score (nSPS) is 32.6. The van der Waals surface area contributed by atoms with Crippen LogP contribution in [0, 0.1) is 12.8 Å². The summed E-state index contributed by atoms with van der Waals surface area (Å²) in [6.45, 7) is 4.69. The highest BCUT2D eigenvalue weighted by Gasteiger charge is 2.46. The Hall–Kier alpha value is -0.720. The van der Waals surface area contributed by atoms with Crippen LogP contribution < -0.4 is 4.90 Å². The Bertz CT molecular complexity index is 503. The number of anilines is 1. The van der Waals surface area contributed by atoms with E-state index >= 15 is 0 Å². The Kier molecular flexibility index (Phi) is 4.33. The molecule has 0 bridgehead atoms. The minimum absolute atomic E-state index is 0.190. The van der Waals surface area contributed by atoms with Gasteiger partial charge < -0.3 is 14.4 Å². The topological polar surface area (TPSA) is 47.5 Å². The number of rotatable bonds is 4. The number of fused-ring (bicyclic) bond motifs is 1. The first-order valence-corrected chi connectivity index (χ1v) is 9.43. The molecule has 3 aliphatic rings. The summed E-state index contributed by atoms with van der Waals surface area (Å²) in [5.74, 6) is 0.764. The van der Waals surface area contributed by atoms with Crippen molar-refractivity contribution in [1.29, 1.82) is 0 Å². The number of aromatic nitrogens is 2. The molecule has 0 radical (unpaired) electrons. The van der Waals surface area contributed by atoms with Crippen molar-refractivity contribution in [3.05, 3.63) is 5.01 Å². The molecule has 0 spiro atoms. The standard InChI is InChI=1S/C16H25N3O2S/c1-11-17-18-16(22-11)19-9-14(15-13(19)7-4-8-20-15)21-10-12-5-2-3-6-12/h12-15H,2-10H2,1H3/t13-,14-,15+/m1/s1. The molecule has 1 aromatic rings. The molecule has 0 unspecified atom stereocenters. The van der Waals surface area contributed by atoms with Gasteiger partial charge in [-0.05, 0) is 38.5 Å². The quantitative estimate of drug-likeness (QED) is 0.853. The molecule has 1 saturated carbocycles. The van der Waals surface area contributed by atoms with Gasteiger partial charge in [-0.3, -0.25) is 0 Å². The maximum atomic E-state index is 6.30. The molecular formula is C16H25N3O2S. The van der Waals surface area contributed by atoms with Crippen molar-refractivity contribution in [2.24, 2.45) is 5.92 Å². The molecule has 0 amide bonds. The Labute approximate surface area is 136 Å². The molecule has 2 aliphatic heterocycles. The lowest BCUT2D eigenvalue weighted by Crippen LogP contribution is -2.42. The number of ether oxygens (including phenoxy) is 2. The second kappa shape index (κ2) is 6.42. The summed E-state index contributed by atoms with van der Waals surface area (Å²) in [6, 6.07) is 0.412. The third-order valence-electron chi connectivity index (χ3n) is 5.26. The summed E-state index contributed by atoms with van der Waals surface area (Å²) in [5.41, 5.74) is 0. The fourth-order valence-corrected chi connectivity index (χ4v) is 4.87. The predicted molar refractivity (Wildman–Crippen MR) is 86.5 cm³/mol. The van der Waals surface area contributed by atoms with Crippen molar-refractivity contribution < 1.29 is 9.47 Å². The van der Waals surface area contributed by atoms with Gasteiger partial charge >= 0.3 is 0 Å². The zero-order valence-electron chi connectivity index (χ0n) is 13.2. The Balaban J connectivity index is 1.45. The van der Waals surface area contributed by atoms with Crippen molar-refractivity contribution in [1.82, 2.24) is 10.2 Å². The summed E-state index contributed by atoms with van der Waals surface area (Å²) in [7, 11) is 0. The van der Waals surface area contributed by atoms with Crippen LogP contribution in [0.5, 0.6) is 0 Å². The lowest BCUT2D eigenvalue weighted by atomic mass is 10.0. The highest BCUT2D eigenvalue weighted by molar-refractivity contribution is 7.15. The average molecular weight is 323 g/mol. The minimum atomic E-state index is 0.190. The highest BCUT2D eigenvalue weighted by Crippen LogP contribution is 2.36. The van der Waals surface area contributed by atoms with Gasteiger partial charge in [0.2, 0.25) is 5.13 Å². The van der Waals surface area contributed by atoms with Crippen molar-refractivity contribution in [2.45, 2.75) is 63.7 Å². The number of aryl methyl sites for hydroxylation is 1. The molecule has 3 atom stereocenters. The van der Waals surface area contributed by atoms with E-state index in [9.17, 15) is 0 Å². The molecule has 122 valence electrons. The van der Waals surface area contributed by atoms with E-state index in [0.29, 0.717) is 6.04 Å². The van der Waals surface area contributed by atoms with Gasteiger partial charge in [-0.1, -0.05) is 24.2 Å². The van der Waals surface area contributed by atoms with Crippen LogP contribution in [0.1, 0.15) is 43.5 Å². The first-order chi connectivity index (χ1) is 10.8. The lowest BCUT2D eigenvalue weighted by Gasteiger charge is -2.31. The van der Waals surface area contributed by atoms with E-state index in [0.717, 1.165) is 42.2 Å². The molecule has 0 N–H and O–H groups in total. The maximum Gasteiger partial charge on any atom is 0.208 e. The summed E-state index contributed by atoms with van der Waals surface area (Å²) < 4.78 is 12.4. The zero-order chi connectivity index (χ0) is 14.9. The monoisotopic (exact) mass is 323 g/mol. The Morgan fingerprint density at radius 2 is 2.09 bits per heavy atom. The summed E-state index contributed by atoms with van der Waals surface area (Å²) in [4.78, 5) is 2.38. The average Bonchev–Trinajstić information content (AvgIpc) is 3.24. The number of hydrogen-bond acceptors (Lipinski definition) is 6. The molecule has 2 saturated heterocycles. The minimum Gasteiger partial charge on any atom is -0.373 e. The van der Waals surface area contributed by atoms with Gasteiger partial charge in [-0.2, -0.15) is 0 Å². The molecule has 3 fully saturated rings. The van der Waals surface area contributed by atoms with E-state index in [4.69, 9.17) is 9.47 Å². The van der Waals surface area contributed by atoms with Crippen molar-refractivity contribution in [3.63, 3.8) is 0 Å². The third-order valence-corrected chi connectivity index (χ3v) is 6.13. The molecular weight excluding hydrogens is 298 g/mol. The first kappa shape index (κ1) is 14.8. The molecule has 0 aromatic carbocycles. The van der Waals surface area contributed by atoms with E-state index in [1.807, 2.05) is 6.92 Å². The van der Waals surface area contributed by atoms with Gasteiger partial charge in [-0.25, -0.2) is 0 Å². The summed E-state index contributed by atoms with van der Waals surface area (Å²) in [6.07, 6.45) is 8.11. The smallest absolute Gasteiger partial charge is 0.208 e. The summed E-state index contributed by atoms with van der Waals surface area (Å²) in [5, 5.41) is 10.6. The summed E-state index contributed by atoms with van der Waals surface area (Å²) >= 11 is 1.68. The highest BCUT2D eigenvalue weighted by atomic mass is 32.1. The Morgan fingerprint density at radius 1 is 1.23 bits per heavy atom. The molecule has 1 aliphatic carbocycles. The molecule has 5 nitrogen and oxygen atoms in total. The number of hydrogen-bond donors (Lipinski definition) is 0. The van der Waals surface area contributed by atoms with E-state index in [-0.39, 0.29) is 12.2 Å². The van der Waals surface area contributed by atoms with Crippen molar-refractivity contribution in [3.8, 4) is 0 Å². The zero-order valence-corrected chi connectivity index (χ0v) is 14.1. The van der Waals surface area contributed by atoms with E-state index in [1.54, 1.807) is 11.3 Å². The van der Waals surface area contributed by atoms with Gasteiger partial charge in [0.1, 0.15) is 17.2 Å². The predicted octanol–water partition coefficient (Wildman–Crippen LogP) is 2.79. The molecule has 6 heteroatoms. The van der Waals surface area contributed by atoms with Crippen LogP contribution in [0.4, 0.5) is 5.13 Å². The van der Waals surface area contributed by atoms with Gasteiger partial charge in [-0.15, -0.1) is 10.2 Å². The van der Waals surface area contributed by atoms with E-state index < -0.39 is 0 Å². The number of nitrogens with zero attached hydrogens (tertiary/aromatic N) is 3. The molecule has 3 heterocycles. The van der Waals surface area contributed by atoms with E-state index in [1.165, 1.54) is 32.1 Å². The van der Waals surface area contributed by atoms with Crippen LogP contribution in [0.2, 0.25) is 0 Å². The van der Waals surface area contributed by atoms with Crippen LogP contribution >= 0.6 is 11.3 Å². The second-order valence-electron chi connectivity index (χ2n) is 6.82. The van der Waals surface area contributed by atoms with Crippen molar-refractivity contribution >= 4 is 16.5 Å². The largest absolute Gasteiger partial charge is 0.373 e. The van der Waals surface area contributed by atoms with Crippen LogP contribution in [-0.4, -0.2) is 48.2 Å². The fraction of sp³-hybridized carbons (Fsp3) is 0.875. The van der Waals surface area contributed by atoms with E-state index in [2.05, 4.69) is 15.1 Å². The molecule has 4 rings (SSSR count). The lowest BCUT2D eigenvalue weighted by molar-refractivity contribution is -0.0796. The SMILES string of the molecule is Cc1nnc(N2C[C@@H](OCC3CCCC3)[C@H]3OCCC[C@H]32)s1. The van der Waals surface area contributed by atoms with Gasteiger partial charge in [0.15, 0.2) is 0 Å². The maximum absolute atomic E-state index is 6.30. The third kappa shape index (κ3) is 2.88. The van der Waals surface area contributed by atoms with Crippen LogP contribution in [0.3, 0.4) is 0 Å². The fourth-order valence-electron chi connectivity index (χ4n) is 4.12. The molecule has 22 heavy (non-hydrogen) atoms. The van der Waals surface area contributed by atoms with Crippen LogP contribution in [-0.2, 0) is 9.47 Å². The van der Waals surface area contributed by atoms with Crippen LogP contribution in [0.15, 0.2) is 0 Å². The Morgan fingerprint density at radius 3 is 2.86 bits per heavy atom. The van der Waals surface area contributed by atoms with Gasteiger partial charge in [0, 0.05) is 19.8 Å². The second-order valence-corrected chi connectivity index (χ2v) is 7.98. The molecule has 1 aromatic heterocycles. The van der Waals surface area contributed by atoms with Gasteiger partial charge in [0.25, 0.3) is 0 Å². The van der Waals surface area contributed by atoms with Crippen molar-refractivity contribution in [2.75, 3.05) is 24.7 Å². The van der Waals surface area contributed by atoms with Crippen LogP contribution in [0.25, 0.3) is 0 Å². The van der Waals surface area contributed by atoms with Gasteiger partial charge in [0.05, 0.1) is 6.04 Å². The first-order valence-electron chi connectivity index (χ1n) is 8.61.